The third-order valence-electron chi connectivity index (χ3n) is 6.92. The van der Waals surface area contributed by atoms with Gasteiger partial charge in [0, 0.05) is 35.6 Å². The van der Waals surface area contributed by atoms with Crippen molar-refractivity contribution < 1.29 is 18.0 Å². The van der Waals surface area contributed by atoms with Gasteiger partial charge in [-0.25, -0.2) is 8.42 Å². The summed E-state index contributed by atoms with van der Waals surface area (Å²) >= 11 is 19.5. The Balaban J connectivity index is 1.83. The van der Waals surface area contributed by atoms with Gasteiger partial charge in [-0.15, -0.1) is 0 Å². The highest BCUT2D eigenvalue weighted by atomic mass is 35.5. The number of halogens is 3. The summed E-state index contributed by atoms with van der Waals surface area (Å²) in [6, 6.07) is 25.8. The number of sulfonamides is 1. The summed E-state index contributed by atoms with van der Waals surface area (Å²) in [5, 5.41) is 3.38. The number of likely N-dealkylation sites (N-methyl/N-ethyl adjacent to an activating group) is 1. The number of hydrogen-bond acceptors (Lipinski definition) is 4. The predicted octanol–water partition coefficient (Wildman–Crippen LogP) is 6.54. The Kier molecular flexibility index (Phi) is 10.7. The molecule has 0 aliphatic rings. The zero-order valence-electron chi connectivity index (χ0n) is 23.5. The first-order chi connectivity index (χ1) is 20.5. The van der Waals surface area contributed by atoms with Gasteiger partial charge in [0.2, 0.25) is 11.8 Å². The van der Waals surface area contributed by atoms with Gasteiger partial charge < -0.3 is 10.2 Å². The van der Waals surface area contributed by atoms with Crippen molar-refractivity contribution in [1.29, 1.82) is 0 Å². The van der Waals surface area contributed by atoms with Gasteiger partial charge in [-0.3, -0.25) is 13.9 Å². The smallest absolute Gasteiger partial charge is 0.264 e. The van der Waals surface area contributed by atoms with Crippen LogP contribution in [0.2, 0.25) is 15.1 Å². The van der Waals surface area contributed by atoms with Crippen LogP contribution in [0.4, 0.5) is 5.69 Å². The Hall–Kier alpha value is -3.56. The van der Waals surface area contributed by atoms with E-state index in [2.05, 4.69) is 5.32 Å². The Morgan fingerprint density at radius 1 is 0.791 bits per heavy atom. The van der Waals surface area contributed by atoms with Crippen LogP contribution in [0, 0.1) is 6.92 Å². The highest BCUT2D eigenvalue weighted by Crippen LogP contribution is 2.32. The predicted molar refractivity (Wildman–Crippen MR) is 172 cm³/mol. The molecule has 1 atom stereocenters. The van der Waals surface area contributed by atoms with E-state index in [1.165, 1.54) is 30.1 Å². The molecule has 4 rings (SSSR count). The highest BCUT2D eigenvalue weighted by molar-refractivity contribution is 7.92. The van der Waals surface area contributed by atoms with E-state index in [0.29, 0.717) is 15.6 Å². The van der Waals surface area contributed by atoms with E-state index in [9.17, 15) is 18.0 Å². The molecule has 0 saturated carbocycles. The van der Waals surface area contributed by atoms with Gasteiger partial charge in [-0.2, -0.15) is 0 Å². The zero-order chi connectivity index (χ0) is 31.1. The lowest BCUT2D eigenvalue weighted by Crippen LogP contribution is -2.53. The van der Waals surface area contributed by atoms with Crippen molar-refractivity contribution in [3.05, 3.63) is 129 Å². The van der Waals surface area contributed by atoms with Crippen LogP contribution in [0.25, 0.3) is 0 Å². The molecule has 0 unspecified atom stereocenters. The fraction of sp³-hybridized carbons (Fsp3) is 0.188. The first-order valence-corrected chi connectivity index (χ1v) is 15.9. The lowest BCUT2D eigenvalue weighted by molar-refractivity contribution is -0.139. The molecular formula is C32H30Cl3N3O4S. The van der Waals surface area contributed by atoms with Crippen LogP contribution >= 0.6 is 34.8 Å². The summed E-state index contributed by atoms with van der Waals surface area (Å²) in [6.07, 6.45) is 0.158. The van der Waals surface area contributed by atoms with E-state index >= 15 is 0 Å². The number of anilines is 1. The summed E-state index contributed by atoms with van der Waals surface area (Å²) in [5.41, 5.74) is 2.21. The monoisotopic (exact) mass is 657 g/mol. The second-order valence-corrected chi connectivity index (χ2v) is 12.9. The lowest BCUT2D eigenvalue weighted by atomic mass is 10.0. The maximum Gasteiger partial charge on any atom is 0.264 e. The Bertz CT molecular complexity index is 1680. The number of rotatable bonds is 11. The van der Waals surface area contributed by atoms with Crippen molar-refractivity contribution in [2.75, 3.05) is 17.9 Å². The summed E-state index contributed by atoms with van der Waals surface area (Å²) in [5.74, 6) is -1.10. The van der Waals surface area contributed by atoms with Crippen molar-refractivity contribution in [1.82, 2.24) is 10.2 Å². The SMILES string of the molecule is CNC(=O)[C@H](Cc1ccccc1)N(Cc1c(Cl)cccc1Cl)C(=O)CN(c1ccccc1Cl)S(=O)(=O)c1ccc(C)cc1. The van der Waals surface area contributed by atoms with Crippen LogP contribution in [0.3, 0.4) is 0 Å². The van der Waals surface area contributed by atoms with Gasteiger partial charge in [-0.05, 0) is 48.9 Å². The van der Waals surface area contributed by atoms with Crippen LogP contribution in [0.15, 0.2) is 102 Å². The maximum absolute atomic E-state index is 14.4. The van der Waals surface area contributed by atoms with Crippen LogP contribution < -0.4 is 9.62 Å². The summed E-state index contributed by atoms with van der Waals surface area (Å²) in [7, 11) is -2.80. The molecule has 1 N–H and O–H groups in total. The molecule has 11 heteroatoms. The van der Waals surface area contributed by atoms with E-state index in [1.54, 1.807) is 48.5 Å². The lowest BCUT2D eigenvalue weighted by Gasteiger charge is -2.34. The van der Waals surface area contributed by atoms with Gasteiger partial charge in [0.1, 0.15) is 12.6 Å². The Labute approximate surface area is 267 Å². The van der Waals surface area contributed by atoms with E-state index in [-0.39, 0.29) is 28.6 Å². The van der Waals surface area contributed by atoms with E-state index in [1.807, 2.05) is 37.3 Å². The molecule has 2 amide bonds. The molecule has 0 fully saturated rings. The molecule has 0 saturated heterocycles. The van der Waals surface area contributed by atoms with E-state index < -0.39 is 34.4 Å². The molecule has 43 heavy (non-hydrogen) atoms. The minimum atomic E-state index is -4.27. The molecule has 0 spiro atoms. The fourth-order valence-electron chi connectivity index (χ4n) is 4.58. The summed E-state index contributed by atoms with van der Waals surface area (Å²) in [4.78, 5) is 29.0. The van der Waals surface area contributed by atoms with Crippen molar-refractivity contribution in [2.45, 2.75) is 30.8 Å². The quantitative estimate of drug-likeness (QED) is 0.198. The van der Waals surface area contributed by atoms with Crippen molar-refractivity contribution in [3.8, 4) is 0 Å². The van der Waals surface area contributed by atoms with Gasteiger partial charge in [-0.1, -0.05) is 101 Å². The molecule has 0 bridgehead atoms. The van der Waals surface area contributed by atoms with Crippen LogP contribution in [0.1, 0.15) is 16.7 Å². The van der Waals surface area contributed by atoms with Gasteiger partial charge in [0.05, 0.1) is 15.6 Å². The molecule has 7 nitrogen and oxygen atoms in total. The number of hydrogen-bond donors (Lipinski definition) is 1. The normalized spacial score (nSPS) is 11.9. The number of nitrogens with zero attached hydrogens (tertiary/aromatic N) is 2. The average molecular weight is 659 g/mol. The fourth-order valence-corrected chi connectivity index (χ4v) is 6.82. The molecule has 0 aromatic heterocycles. The number of carbonyl (C=O) groups excluding carboxylic acids is 2. The molecule has 4 aromatic carbocycles. The Morgan fingerprint density at radius 3 is 1.98 bits per heavy atom. The first-order valence-electron chi connectivity index (χ1n) is 13.3. The molecule has 0 aliphatic carbocycles. The molecule has 0 radical (unpaired) electrons. The summed E-state index contributed by atoms with van der Waals surface area (Å²) < 4.78 is 29.1. The third-order valence-corrected chi connectivity index (χ3v) is 9.72. The van der Waals surface area contributed by atoms with Crippen molar-refractivity contribution in [2.24, 2.45) is 0 Å². The van der Waals surface area contributed by atoms with Crippen molar-refractivity contribution in [3.63, 3.8) is 0 Å². The largest absolute Gasteiger partial charge is 0.357 e. The van der Waals surface area contributed by atoms with E-state index in [0.717, 1.165) is 15.4 Å². The minimum absolute atomic E-state index is 0.0151. The first kappa shape index (κ1) is 32.4. The molecule has 224 valence electrons. The third kappa shape index (κ3) is 7.70. The Morgan fingerprint density at radius 2 is 1.37 bits per heavy atom. The van der Waals surface area contributed by atoms with Gasteiger partial charge in [0.25, 0.3) is 10.0 Å². The number of benzene rings is 4. The number of carbonyl (C=O) groups is 2. The average Bonchev–Trinajstić information content (AvgIpc) is 2.99. The van der Waals surface area contributed by atoms with Crippen LogP contribution in [-0.2, 0) is 32.6 Å². The second-order valence-electron chi connectivity index (χ2n) is 9.82. The standard InChI is InChI=1S/C32H30Cl3N3O4S/c1-22-15-17-24(18-16-22)43(41,42)38(29-14-7-6-11-28(29)35)21-31(39)37(20-25-26(33)12-8-13-27(25)34)30(32(40)36-2)19-23-9-4-3-5-10-23/h3-18,30H,19-21H2,1-2H3,(H,36,40)/t30-/m0/s1. The molecule has 0 heterocycles. The van der Waals surface area contributed by atoms with Crippen LogP contribution in [0.5, 0.6) is 0 Å². The minimum Gasteiger partial charge on any atom is -0.357 e. The van der Waals surface area contributed by atoms with Gasteiger partial charge >= 0.3 is 0 Å². The number of aryl methyl sites for hydroxylation is 1. The summed E-state index contributed by atoms with van der Waals surface area (Å²) in [6.45, 7) is 1.04. The van der Waals surface area contributed by atoms with Crippen molar-refractivity contribution >= 4 is 62.3 Å². The number of amides is 2. The second kappa shape index (κ2) is 14.3. The highest BCUT2D eigenvalue weighted by Gasteiger charge is 2.35. The molecular weight excluding hydrogens is 629 g/mol. The van der Waals surface area contributed by atoms with Gasteiger partial charge in [0.15, 0.2) is 0 Å². The van der Waals surface area contributed by atoms with E-state index in [4.69, 9.17) is 34.8 Å². The molecule has 4 aromatic rings. The number of nitrogens with one attached hydrogen (secondary N) is 1. The maximum atomic E-state index is 14.4. The topological polar surface area (TPSA) is 86.8 Å². The van der Waals surface area contributed by atoms with Crippen LogP contribution in [-0.4, -0.2) is 44.8 Å². The zero-order valence-corrected chi connectivity index (χ0v) is 26.6. The number of para-hydroxylation sites is 1. The molecule has 0 aliphatic heterocycles.